The Morgan fingerprint density at radius 1 is 1.06 bits per heavy atom. The average molecular weight is 364 g/mol. The Kier molecular flexibility index (Phi) is 79.1. The minimum Gasteiger partial charge on any atom is -0.693 e. The van der Waals surface area contributed by atoms with Crippen LogP contribution in [0, 0.1) is 10.1 Å². The van der Waals surface area contributed by atoms with Gasteiger partial charge in [-0.25, -0.2) is 0 Å². The van der Waals surface area contributed by atoms with E-state index in [1.807, 2.05) is 0 Å². The Morgan fingerprint density at radius 3 is 1.12 bits per heavy atom. The molecule has 0 aliphatic heterocycles. The first-order chi connectivity index (χ1) is 4.68. The van der Waals surface area contributed by atoms with E-state index in [9.17, 15) is 9.90 Å². The molecule has 0 rings (SSSR count). The van der Waals surface area contributed by atoms with Crippen molar-refractivity contribution in [3.63, 3.8) is 0 Å². The van der Waals surface area contributed by atoms with E-state index in [1.54, 1.807) is 0 Å². The third kappa shape index (κ3) is 88.9. The molecule has 0 atom stereocenters. The number of carbonyl (C=O) groups excluding carboxylic acids is 1. The van der Waals surface area contributed by atoms with Crippen LogP contribution in [0.3, 0.4) is 0 Å². The van der Waals surface area contributed by atoms with Crippen molar-refractivity contribution >= 4 is 40.8 Å². The molecule has 0 aromatic carbocycles. The Morgan fingerprint density at radius 2 is 1.12 bits per heavy atom. The molecule has 0 aliphatic carbocycles. The van der Waals surface area contributed by atoms with Crippen molar-refractivity contribution in [2.24, 2.45) is 0 Å². The molecule has 0 heterocycles. The van der Waals surface area contributed by atoms with Crippen LogP contribution in [0.25, 0.3) is 30.8 Å². The summed E-state index contributed by atoms with van der Waals surface area (Å²) in [7, 11) is 0. The van der Waals surface area contributed by atoms with Crippen molar-refractivity contribution in [2.75, 3.05) is 0 Å². The van der Waals surface area contributed by atoms with Gasteiger partial charge in [0.15, 0.2) is 0 Å². The van der Waals surface area contributed by atoms with Crippen LogP contribution in [0.1, 0.15) is 0 Å². The monoisotopic (exact) mass is 363 g/mol. The molecule has 0 aromatic rings. The van der Waals surface area contributed by atoms with Gasteiger partial charge in [0.05, 0.1) is 5.97 Å². The zero-order valence-corrected chi connectivity index (χ0v) is 11.2. The third-order valence-electron chi connectivity index (χ3n) is 0.231. The maximum Gasteiger partial charge on any atom is 3.00 e. The molecule has 0 amide bonds. The molecular formula is C2H11Cl3CoN6O5-3. The number of nitrogens with two attached hydrogens (primary N) is 5. The summed E-state index contributed by atoms with van der Waals surface area (Å²) in [5.41, 5.74) is 0. The fourth-order valence-corrected chi connectivity index (χ4v) is 0. The van der Waals surface area contributed by atoms with E-state index in [0.29, 0.717) is 0 Å². The summed E-state index contributed by atoms with van der Waals surface area (Å²) in [5.74, 6) is -1.71. The summed E-state index contributed by atoms with van der Waals surface area (Å²) in [6, 6.07) is 0. The average Bonchev–Trinajstić information content (AvgIpc) is 1.59. The first-order valence-electron chi connectivity index (χ1n) is 1.79. The van der Waals surface area contributed by atoms with E-state index >= 15 is 0 Å². The number of hydrogen-bond acceptors (Lipinski definition) is 4. The van der Waals surface area contributed by atoms with Crippen LogP contribution in [0.15, 0.2) is 0 Å². The van der Waals surface area contributed by atoms with E-state index in [-0.39, 0.29) is 47.5 Å². The molecule has 17 heavy (non-hydrogen) atoms. The smallest absolute Gasteiger partial charge is 0.693 e. The zero-order chi connectivity index (χ0) is 9.65. The number of carbonyl (C=O) groups is 1. The largest absolute Gasteiger partial charge is 3.00 e. The summed E-state index contributed by atoms with van der Waals surface area (Å²) in [6.45, 7) is 0. The molecule has 0 fully saturated rings. The van der Waals surface area contributed by atoms with E-state index in [2.05, 4.69) is 0 Å². The fraction of sp³-hybridized carbons (Fsp3) is 0.500. The predicted molar refractivity (Wildman–Crippen MR) is 60.5 cm³/mol. The molecule has 0 radical (unpaired) electrons. The molecule has 112 valence electrons. The Bertz CT molecular complexity index is 164. The van der Waals surface area contributed by atoms with E-state index < -0.39 is 14.8 Å². The van der Waals surface area contributed by atoms with Gasteiger partial charge in [-0.3, -0.25) is 0 Å². The van der Waals surface area contributed by atoms with Crippen LogP contribution in [0.5, 0.6) is 0 Å². The molecule has 11 nitrogen and oxygen atoms in total. The first-order valence-corrected chi connectivity index (χ1v) is 2.92. The first kappa shape index (κ1) is 54.1. The summed E-state index contributed by atoms with van der Waals surface area (Å²) in [4.78, 5) is 17.9. The predicted octanol–water partition coefficient (Wildman–Crippen LogP) is 3.34. The number of carboxylic acids is 1. The Labute approximate surface area is 122 Å². The number of aliphatic carboxylic acids is 1. The van der Waals surface area contributed by atoms with E-state index in [4.69, 9.17) is 50.1 Å². The van der Waals surface area contributed by atoms with Gasteiger partial charge in [-0.05, 0) is 0 Å². The number of halogens is 3. The van der Waals surface area contributed by atoms with Crippen LogP contribution in [-0.4, -0.2) is 20.1 Å². The van der Waals surface area contributed by atoms with Crippen molar-refractivity contribution in [1.82, 2.24) is 0 Å². The van der Waals surface area contributed by atoms with Gasteiger partial charge in [-0.2, -0.15) is 0 Å². The van der Waals surface area contributed by atoms with Crippen molar-refractivity contribution in [1.29, 1.82) is 0 Å². The molecule has 0 aromatic heterocycles. The SMILES string of the molecule is O=C([O-])C(Cl)(Cl)Cl.O=[N+]([O-])O.[Co+3].[NH2-].[NH2-].[NH2-].[NH2-].[NH2-]. The molecular weight excluding hydrogens is 353 g/mol. The number of carboxylic acid groups (broad SMARTS) is 1. The van der Waals surface area contributed by atoms with Gasteiger partial charge < -0.3 is 45.9 Å². The summed E-state index contributed by atoms with van der Waals surface area (Å²) in [5, 5.41) is 23.2. The second kappa shape index (κ2) is 24.9. The number of alkyl halides is 3. The quantitative estimate of drug-likeness (QED) is 0.383. The van der Waals surface area contributed by atoms with Crippen LogP contribution < -0.4 is 5.11 Å². The zero-order valence-electron chi connectivity index (χ0n) is 7.88. The minimum atomic E-state index is -2.28. The summed E-state index contributed by atoms with van der Waals surface area (Å²) < 4.78 is -2.28. The molecule has 0 unspecified atom stereocenters. The van der Waals surface area contributed by atoms with Crippen LogP contribution in [-0.2, 0) is 21.6 Å². The van der Waals surface area contributed by atoms with Crippen molar-refractivity contribution in [2.45, 2.75) is 3.79 Å². The van der Waals surface area contributed by atoms with Gasteiger partial charge in [-0.1, -0.05) is 34.8 Å². The molecule has 0 saturated heterocycles. The summed E-state index contributed by atoms with van der Waals surface area (Å²) in [6.07, 6.45) is 0. The maximum atomic E-state index is 9.51. The van der Waals surface area contributed by atoms with Gasteiger partial charge in [0.25, 0.3) is 5.09 Å². The summed E-state index contributed by atoms with van der Waals surface area (Å²) >= 11 is 14.2. The number of nitrogens with zero attached hydrogens (tertiary/aromatic N) is 1. The van der Waals surface area contributed by atoms with Crippen molar-refractivity contribution in [3.05, 3.63) is 40.9 Å². The van der Waals surface area contributed by atoms with Crippen LogP contribution in [0.4, 0.5) is 0 Å². The van der Waals surface area contributed by atoms with Gasteiger partial charge in [-0.15, -0.1) is 10.1 Å². The van der Waals surface area contributed by atoms with Crippen molar-refractivity contribution < 1.29 is 37.0 Å². The second-order valence-electron chi connectivity index (χ2n) is 1.02. The maximum absolute atomic E-state index is 9.51. The van der Waals surface area contributed by atoms with E-state index in [0.717, 1.165) is 0 Å². The Hall–Kier alpha value is -0.154. The Balaban J connectivity index is -0.0000000125. The second-order valence-corrected chi connectivity index (χ2v) is 3.30. The number of rotatable bonds is 0. The van der Waals surface area contributed by atoms with Gasteiger partial charge in [0.2, 0.25) is 3.79 Å². The standard InChI is InChI=1S/C2HCl3O2.Co.HNO3.5H2N/c3-2(4,5)1(6)7;;2-1(3)4;;;;;/h(H,6,7);;(H,2,3,4);5*1H2/q;+3;;5*-1/p-1. The topological polar surface area (TPSA) is 271 Å². The van der Waals surface area contributed by atoms with Gasteiger partial charge >= 0.3 is 16.8 Å². The molecule has 0 spiro atoms. The number of hydrogen-bond donors (Lipinski definition) is 1. The van der Waals surface area contributed by atoms with Gasteiger partial charge in [0.1, 0.15) is 0 Å². The van der Waals surface area contributed by atoms with Crippen LogP contribution in [0.2, 0.25) is 0 Å². The molecule has 0 saturated carbocycles. The molecule has 0 aliphatic rings. The third-order valence-corrected chi connectivity index (χ3v) is 0.694. The van der Waals surface area contributed by atoms with Crippen molar-refractivity contribution in [3.8, 4) is 0 Å². The minimum absolute atomic E-state index is 0. The molecule has 15 heteroatoms. The fourth-order valence-electron chi connectivity index (χ4n) is 0. The normalized spacial score (nSPS) is 6.06. The molecule has 11 N–H and O–H groups in total. The molecule has 0 bridgehead atoms. The van der Waals surface area contributed by atoms with Gasteiger partial charge in [0, 0.05) is 0 Å². The van der Waals surface area contributed by atoms with E-state index in [1.165, 1.54) is 0 Å². The van der Waals surface area contributed by atoms with Crippen LogP contribution >= 0.6 is 34.8 Å².